The van der Waals surface area contributed by atoms with Gasteiger partial charge >= 0.3 is 0 Å². The molecule has 0 saturated heterocycles. The number of hydrogen-bond donors (Lipinski definition) is 1. The molecule has 2 aromatic carbocycles. The summed E-state index contributed by atoms with van der Waals surface area (Å²) in [7, 11) is 0. The fourth-order valence-electron chi connectivity index (χ4n) is 2.47. The largest absolute Gasteiger partial charge is 0.349 e. The molecule has 4 nitrogen and oxygen atoms in total. The maximum atomic E-state index is 4.72. The Morgan fingerprint density at radius 3 is 2.57 bits per heavy atom. The SMILES string of the molecule is c1ccc(-c2nc(NCc3cscn3)nc3ccccc23)cc1. The van der Waals surface area contributed by atoms with E-state index in [1.165, 1.54) is 0 Å². The van der Waals surface area contributed by atoms with Crippen LogP contribution in [0.3, 0.4) is 0 Å². The molecular formula is C18H14N4S. The number of anilines is 1. The first-order valence-corrected chi connectivity index (χ1v) is 8.27. The number of benzene rings is 2. The molecule has 0 bridgehead atoms. The van der Waals surface area contributed by atoms with Crippen molar-refractivity contribution >= 4 is 28.2 Å². The minimum Gasteiger partial charge on any atom is -0.349 e. The van der Waals surface area contributed by atoms with Crippen molar-refractivity contribution in [3.8, 4) is 11.3 Å². The highest BCUT2D eigenvalue weighted by Crippen LogP contribution is 2.27. The number of thiazole rings is 1. The Kier molecular flexibility index (Phi) is 3.70. The summed E-state index contributed by atoms with van der Waals surface area (Å²) in [6.45, 7) is 0.621. The van der Waals surface area contributed by atoms with Crippen molar-refractivity contribution in [1.82, 2.24) is 15.0 Å². The van der Waals surface area contributed by atoms with Crippen molar-refractivity contribution in [1.29, 1.82) is 0 Å². The quantitative estimate of drug-likeness (QED) is 0.607. The first-order valence-electron chi connectivity index (χ1n) is 7.33. The summed E-state index contributed by atoms with van der Waals surface area (Å²) >= 11 is 1.59. The number of aromatic nitrogens is 3. The normalized spacial score (nSPS) is 10.8. The summed E-state index contributed by atoms with van der Waals surface area (Å²) in [4.78, 5) is 13.6. The smallest absolute Gasteiger partial charge is 0.224 e. The molecule has 0 unspecified atom stereocenters. The zero-order chi connectivity index (χ0) is 15.5. The van der Waals surface area contributed by atoms with E-state index in [0.717, 1.165) is 27.9 Å². The summed E-state index contributed by atoms with van der Waals surface area (Å²) in [5, 5.41) is 6.34. The van der Waals surface area contributed by atoms with Crippen molar-refractivity contribution in [2.45, 2.75) is 6.54 Å². The van der Waals surface area contributed by atoms with Gasteiger partial charge < -0.3 is 5.32 Å². The van der Waals surface area contributed by atoms with Crippen LogP contribution in [0.4, 0.5) is 5.95 Å². The average Bonchev–Trinajstić information content (AvgIpc) is 3.13. The summed E-state index contributed by atoms with van der Waals surface area (Å²) in [5.41, 5.74) is 5.78. The Labute approximate surface area is 137 Å². The minimum atomic E-state index is 0.621. The van der Waals surface area contributed by atoms with Crippen molar-refractivity contribution in [2.24, 2.45) is 0 Å². The molecule has 0 saturated carbocycles. The van der Waals surface area contributed by atoms with Gasteiger partial charge in [-0.15, -0.1) is 11.3 Å². The van der Waals surface area contributed by atoms with Crippen LogP contribution in [-0.4, -0.2) is 15.0 Å². The van der Waals surface area contributed by atoms with Gasteiger partial charge in [0.05, 0.1) is 29.0 Å². The molecule has 0 atom stereocenters. The third-order valence-corrected chi connectivity index (χ3v) is 4.20. The standard InChI is InChI=1S/C18H14N4S/c1-2-6-13(7-3-1)17-15-8-4-5-9-16(15)21-18(22-17)19-10-14-11-23-12-20-14/h1-9,11-12H,10H2,(H,19,21,22). The van der Waals surface area contributed by atoms with E-state index < -0.39 is 0 Å². The molecule has 2 heterocycles. The van der Waals surface area contributed by atoms with Crippen LogP contribution >= 0.6 is 11.3 Å². The molecule has 1 N–H and O–H groups in total. The summed E-state index contributed by atoms with van der Waals surface area (Å²) in [6.07, 6.45) is 0. The third-order valence-electron chi connectivity index (χ3n) is 3.56. The molecule has 112 valence electrons. The van der Waals surface area contributed by atoms with E-state index in [9.17, 15) is 0 Å². The molecule has 4 aromatic rings. The number of rotatable bonds is 4. The Morgan fingerprint density at radius 1 is 0.913 bits per heavy atom. The van der Waals surface area contributed by atoms with Gasteiger partial charge in [0.1, 0.15) is 0 Å². The number of fused-ring (bicyclic) bond motifs is 1. The maximum Gasteiger partial charge on any atom is 0.224 e. The minimum absolute atomic E-state index is 0.621. The summed E-state index contributed by atoms with van der Waals surface area (Å²) < 4.78 is 0. The fourth-order valence-corrected chi connectivity index (χ4v) is 3.02. The number of para-hydroxylation sites is 1. The van der Waals surface area contributed by atoms with Crippen molar-refractivity contribution in [3.63, 3.8) is 0 Å². The highest BCUT2D eigenvalue weighted by molar-refractivity contribution is 7.07. The van der Waals surface area contributed by atoms with Gasteiger partial charge in [0, 0.05) is 16.3 Å². The molecule has 0 aliphatic carbocycles. The van der Waals surface area contributed by atoms with Gasteiger partial charge in [0.15, 0.2) is 0 Å². The Morgan fingerprint density at radius 2 is 1.74 bits per heavy atom. The van der Waals surface area contributed by atoms with Gasteiger partial charge in [0.2, 0.25) is 5.95 Å². The number of nitrogens with zero attached hydrogens (tertiary/aromatic N) is 3. The highest BCUT2D eigenvalue weighted by Gasteiger charge is 2.09. The van der Waals surface area contributed by atoms with Crippen LogP contribution in [0.5, 0.6) is 0 Å². The molecule has 5 heteroatoms. The van der Waals surface area contributed by atoms with Gasteiger partial charge in [-0.1, -0.05) is 48.5 Å². The van der Waals surface area contributed by atoms with E-state index in [-0.39, 0.29) is 0 Å². The predicted octanol–water partition coefficient (Wildman–Crippen LogP) is 4.37. The van der Waals surface area contributed by atoms with E-state index in [4.69, 9.17) is 4.98 Å². The first-order chi connectivity index (χ1) is 11.4. The second-order valence-corrected chi connectivity index (χ2v) is 5.83. The maximum absolute atomic E-state index is 4.72. The molecule has 0 amide bonds. The van der Waals surface area contributed by atoms with Crippen LogP contribution in [0.25, 0.3) is 22.2 Å². The zero-order valence-corrected chi connectivity index (χ0v) is 13.1. The van der Waals surface area contributed by atoms with Gasteiger partial charge in [-0.25, -0.2) is 15.0 Å². The van der Waals surface area contributed by atoms with Gasteiger partial charge in [-0.3, -0.25) is 0 Å². The average molecular weight is 318 g/mol. The third kappa shape index (κ3) is 2.91. The Bertz CT molecular complexity index is 920. The lowest BCUT2D eigenvalue weighted by Crippen LogP contribution is -2.05. The monoisotopic (exact) mass is 318 g/mol. The lowest BCUT2D eigenvalue weighted by molar-refractivity contribution is 1.03. The zero-order valence-electron chi connectivity index (χ0n) is 12.3. The predicted molar refractivity (Wildman–Crippen MR) is 94.4 cm³/mol. The first kappa shape index (κ1) is 13.8. The van der Waals surface area contributed by atoms with Gasteiger partial charge in [-0.05, 0) is 6.07 Å². The van der Waals surface area contributed by atoms with Crippen LogP contribution in [0.15, 0.2) is 65.5 Å². The topological polar surface area (TPSA) is 50.7 Å². The molecule has 0 radical (unpaired) electrons. The van der Waals surface area contributed by atoms with E-state index >= 15 is 0 Å². The molecule has 0 aliphatic heterocycles. The highest BCUT2D eigenvalue weighted by atomic mass is 32.1. The van der Waals surface area contributed by atoms with Crippen molar-refractivity contribution in [3.05, 3.63) is 71.2 Å². The van der Waals surface area contributed by atoms with E-state index in [2.05, 4.69) is 33.5 Å². The van der Waals surface area contributed by atoms with Crippen LogP contribution in [-0.2, 0) is 6.54 Å². The van der Waals surface area contributed by atoms with Gasteiger partial charge in [-0.2, -0.15) is 0 Å². The molecule has 2 aromatic heterocycles. The Balaban J connectivity index is 1.77. The molecule has 23 heavy (non-hydrogen) atoms. The van der Waals surface area contributed by atoms with Crippen LogP contribution in [0.2, 0.25) is 0 Å². The molecule has 0 fully saturated rings. The van der Waals surface area contributed by atoms with E-state index in [1.807, 2.05) is 47.3 Å². The molecule has 4 rings (SSSR count). The Hall–Kier alpha value is -2.79. The molecular weight excluding hydrogens is 304 g/mol. The second kappa shape index (κ2) is 6.14. The fraction of sp³-hybridized carbons (Fsp3) is 0.0556. The van der Waals surface area contributed by atoms with Crippen molar-refractivity contribution in [2.75, 3.05) is 5.32 Å². The lowest BCUT2D eigenvalue weighted by Gasteiger charge is -2.09. The van der Waals surface area contributed by atoms with Crippen LogP contribution < -0.4 is 5.32 Å². The summed E-state index contributed by atoms with van der Waals surface area (Å²) in [5.74, 6) is 0.621. The molecule has 0 spiro atoms. The second-order valence-electron chi connectivity index (χ2n) is 5.11. The van der Waals surface area contributed by atoms with Crippen LogP contribution in [0, 0.1) is 0 Å². The van der Waals surface area contributed by atoms with Gasteiger partial charge in [0.25, 0.3) is 0 Å². The van der Waals surface area contributed by atoms with Crippen LogP contribution in [0.1, 0.15) is 5.69 Å². The summed E-state index contributed by atoms with van der Waals surface area (Å²) in [6, 6.07) is 18.3. The van der Waals surface area contributed by atoms with E-state index in [1.54, 1.807) is 11.3 Å². The molecule has 0 aliphatic rings. The van der Waals surface area contributed by atoms with Crippen molar-refractivity contribution < 1.29 is 0 Å². The lowest BCUT2D eigenvalue weighted by atomic mass is 10.1. The number of hydrogen-bond acceptors (Lipinski definition) is 5. The van der Waals surface area contributed by atoms with E-state index in [0.29, 0.717) is 12.5 Å². The number of nitrogens with one attached hydrogen (secondary N) is 1.